The maximum Gasteiger partial charge on any atom is 0.221 e. The fourth-order valence-corrected chi connectivity index (χ4v) is 2.79. The van der Waals surface area contributed by atoms with Crippen molar-refractivity contribution in [3.63, 3.8) is 0 Å². The van der Waals surface area contributed by atoms with E-state index in [1.165, 1.54) is 32.4 Å². The third kappa shape index (κ3) is 3.96. The van der Waals surface area contributed by atoms with Crippen molar-refractivity contribution in [2.45, 2.75) is 51.1 Å². The molecule has 2 aliphatic heterocycles. The first-order valence-electron chi connectivity index (χ1n) is 7.01. The number of likely N-dealkylation sites (tertiary alicyclic amines) is 1. The summed E-state index contributed by atoms with van der Waals surface area (Å²) in [4.78, 5) is 14.2. The Hall–Kier alpha value is -0.610. The lowest BCUT2D eigenvalue weighted by molar-refractivity contribution is -0.122. The van der Waals surface area contributed by atoms with Gasteiger partial charge in [-0.1, -0.05) is 0 Å². The van der Waals surface area contributed by atoms with Crippen LogP contribution in [0.25, 0.3) is 0 Å². The summed E-state index contributed by atoms with van der Waals surface area (Å²) < 4.78 is 0. The Morgan fingerprint density at radius 2 is 2.12 bits per heavy atom. The molecule has 1 amide bonds. The summed E-state index contributed by atoms with van der Waals surface area (Å²) in [6.07, 6.45) is 5.53. The monoisotopic (exact) mass is 239 g/mol. The topological polar surface area (TPSA) is 44.4 Å². The summed E-state index contributed by atoms with van der Waals surface area (Å²) in [5.74, 6) is 0.220. The number of rotatable bonds is 4. The first-order chi connectivity index (χ1) is 8.25. The number of amides is 1. The largest absolute Gasteiger partial charge is 0.352 e. The van der Waals surface area contributed by atoms with Gasteiger partial charge in [0.1, 0.15) is 0 Å². The summed E-state index contributed by atoms with van der Waals surface area (Å²) in [7, 11) is 0. The molecule has 2 aliphatic rings. The summed E-state index contributed by atoms with van der Waals surface area (Å²) in [6.45, 7) is 6.52. The Kier molecular flexibility index (Phi) is 4.80. The van der Waals surface area contributed by atoms with E-state index in [9.17, 15) is 4.79 Å². The third-order valence-corrected chi connectivity index (χ3v) is 3.96. The molecule has 0 radical (unpaired) electrons. The molecule has 98 valence electrons. The van der Waals surface area contributed by atoms with Crippen LogP contribution in [0, 0.1) is 0 Å². The van der Waals surface area contributed by atoms with Crippen molar-refractivity contribution in [2.24, 2.45) is 0 Å². The van der Waals surface area contributed by atoms with E-state index in [0.717, 1.165) is 19.5 Å². The molecule has 2 saturated heterocycles. The molecular formula is C13H25N3O. The number of hydrogen-bond acceptors (Lipinski definition) is 3. The van der Waals surface area contributed by atoms with Crippen molar-refractivity contribution in [3.05, 3.63) is 0 Å². The molecule has 0 bridgehead atoms. The molecule has 0 aromatic rings. The summed E-state index contributed by atoms with van der Waals surface area (Å²) in [5, 5.41) is 6.57. The van der Waals surface area contributed by atoms with Gasteiger partial charge in [-0.05, 0) is 52.2 Å². The highest BCUT2D eigenvalue weighted by Crippen LogP contribution is 2.10. The van der Waals surface area contributed by atoms with Crippen LogP contribution in [0.3, 0.4) is 0 Å². The molecule has 0 saturated carbocycles. The van der Waals surface area contributed by atoms with E-state index in [1.807, 2.05) is 0 Å². The van der Waals surface area contributed by atoms with Crippen LogP contribution in [-0.2, 0) is 4.79 Å². The quantitative estimate of drug-likeness (QED) is 0.760. The molecule has 0 aromatic carbocycles. The highest BCUT2D eigenvalue weighted by molar-refractivity contribution is 5.76. The van der Waals surface area contributed by atoms with Gasteiger partial charge in [0.25, 0.3) is 0 Å². The fraction of sp³-hybridized carbons (Fsp3) is 0.923. The number of nitrogens with zero attached hydrogens (tertiary/aromatic N) is 1. The van der Waals surface area contributed by atoms with Gasteiger partial charge in [0.15, 0.2) is 0 Å². The standard InChI is InChI=1S/C13H25N3O/c1-11-12(5-4-7-14-11)15-13(17)6-10-16-8-2-3-9-16/h11-12,14H,2-10H2,1H3,(H,15,17). The van der Waals surface area contributed by atoms with E-state index in [0.29, 0.717) is 18.5 Å². The van der Waals surface area contributed by atoms with Crippen molar-refractivity contribution in [3.8, 4) is 0 Å². The zero-order chi connectivity index (χ0) is 12.1. The molecular weight excluding hydrogens is 214 g/mol. The molecule has 2 rings (SSSR count). The molecule has 17 heavy (non-hydrogen) atoms. The van der Waals surface area contributed by atoms with Gasteiger partial charge in [-0.25, -0.2) is 0 Å². The van der Waals surface area contributed by atoms with Gasteiger partial charge < -0.3 is 15.5 Å². The SMILES string of the molecule is CC1NCCCC1NC(=O)CCN1CCCC1. The number of carbonyl (C=O) groups excluding carboxylic acids is 1. The summed E-state index contributed by atoms with van der Waals surface area (Å²) in [6, 6.07) is 0.745. The van der Waals surface area contributed by atoms with Crippen LogP contribution in [0.2, 0.25) is 0 Å². The van der Waals surface area contributed by atoms with Gasteiger partial charge in [-0.2, -0.15) is 0 Å². The Morgan fingerprint density at radius 1 is 1.35 bits per heavy atom. The molecule has 4 heteroatoms. The van der Waals surface area contributed by atoms with Crippen LogP contribution in [0.5, 0.6) is 0 Å². The number of nitrogens with one attached hydrogen (secondary N) is 2. The van der Waals surface area contributed by atoms with E-state index in [2.05, 4.69) is 22.5 Å². The molecule has 2 N–H and O–H groups in total. The maximum absolute atomic E-state index is 11.8. The van der Waals surface area contributed by atoms with Crippen LogP contribution in [0.15, 0.2) is 0 Å². The molecule has 0 aliphatic carbocycles. The second-order valence-corrected chi connectivity index (χ2v) is 5.36. The van der Waals surface area contributed by atoms with Crippen molar-refractivity contribution in [2.75, 3.05) is 26.2 Å². The van der Waals surface area contributed by atoms with Crippen LogP contribution in [-0.4, -0.2) is 49.1 Å². The van der Waals surface area contributed by atoms with E-state index in [4.69, 9.17) is 0 Å². The zero-order valence-electron chi connectivity index (χ0n) is 10.9. The normalized spacial score (nSPS) is 30.4. The lowest BCUT2D eigenvalue weighted by Gasteiger charge is -2.30. The zero-order valence-corrected chi connectivity index (χ0v) is 10.9. The first-order valence-corrected chi connectivity index (χ1v) is 7.01. The first kappa shape index (κ1) is 12.8. The Balaban J connectivity index is 1.65. The van der Waals surface area contributed by atoms with Crippen LogP contribution in [0.1, 0.15) is 39.0 Å². The second-order valence-electron chi connectivity index (χ2n) is 5.36. The van der Waals surface area contributed by atoms with Gasteiger partial charge in [-0.15, -0.1) is 0 Å². The van der Waals surface area contributed by atoms with E-state index in [1.54, 1.807) is 0 Å². The Morgan fingerprint density at radius 3 is 2.82 bits per heavy atom. The van der Waals surface area contributed by atoms with Gasteiger partial charge in [-0.3, -0.25) is 4.79 Å². The minimum atomic E-state index is 0.220. The lowest BCUT2D eigenvalue weighted by atomic mass is 10.00. The van der Waals surface area contributed by atoms with Gasteiger partial charge in [0, 0.05) is 25.0 Å². The molecule has 4 nitrogen and oxygen atoms in total. The third-order valence-electron chi connectivity index (χ3n) is 3.96. The van der Waals surface area contributed by atoms with Crippen molar-refractivity contribution in [1.82, 2.24) is 15.5 Å². The maximum atomic E-state index is 11.8. The minimum Gasteiger partial charge on any atom is -0.352 e. The van der Waals surface area contributed by atoms with Crippen molar-refractivity contribution < 1.29 is 4.79 Å². The smallest absolute Gasteiger partial charge is 0.221 e. The van der Waals surface area contributed by atoms with Gasteiger partial charge in [0.2, 0.25) is 5.91 Å². The molecule has 2 heterocycles. The van der Waals surface area contributed by atoms with Crippen molar-refractivity contribution >= 4 is 5.91 Å². The van der Waals surface area contributed by atoms with Crippen LogP contribution >= 0.6 is 0 Å². The molecule has 2 fully saturated rings. The average Bonchev–Trinajstić information content (AvgIpc) is 2.82. The average molecular weight is 239 g/mol. The van der Waals surface area contributed by atoms with Gasteiger partial charge in [0.05, 0.1) is 0 Å². The predicted octanol–water partition coefficient (Wildman–Crippen LogP) is 0.729. The van der Waals surface area contributed by atoms with E-state index < -0.39 is 0 Å². The molecule has 2 unspecified atom stereocenters. The molecule has 0 aromatic heterocycles. The summed E-state index contributed by atoms with van der Waals surface area (Å²) >= 11 is 0. The molecule has 2 atom stereocenters. The van der Waals surface area contributed by atoms with E-state index >= 15 is 0 Å². The van der Waals surface area contributed by atoms with Crippen LogP contribution < -0.4 is 10.6 Å². The van der Waals surface area contributed by atoms with Crippen LogP contribution in [0.4, 0.5) is 0 Å². The van der Waals surface area contributed by atoms with Gasteiger partial charge >= 0.3 is 0 Å². The Labute approximate surface area is 104 Å². The number of carbonyl (C=O) groups is 1. The van der Waals surface area contributed by atoms with Crippen molar-refractivity contribution in [1.29, 1.82) is 0 Å². The highest BCUT2D eigenvalue weighted by atomic mass is 16.1. The number of piperidine rings is 1. The minimum absolute atomic E-state index is 0.220. The number of hydrogen-bond donors (Lipinski definition) is 2. The fourth-order valence-electron chi connectivity index (χ4n) is 2.79. The predicted molar refractivity (Wildman–Crippen MR) is 68.9 cm³/mol. The Bertz CT molecular complexity index is 251. The molecule has 0 spiro atoms. The van der Waals surface area contributed by atoms with E-state index in [-0.39, 0.29) is 5.91 Å². The summed E-state index contributed by atoms with van der Waals surface area (Å²) in [5.41, 5.74) is 0. The lowest BCUT2D eigenvalue weighted by Crippen LogP contribution is -2.52. The second kappa shape index (κ2) is 6.36. The highest BCUT2D eigenvalue weighted by Gasteiger charge is 2.22.